The highest BCUT2D eigenvalue weighted by Crippen LogP contribution is 2.32. The monoisotopic (exact) mass is 545 g/mol. The molecule has 37 heavy (non-hydrogen) atoms. The SMILES string of the molecule is CC(=O)N[C@H]1C(O[C@H]2[C@@H](O)[C@@H](CO)O[C@@H](O[C@H]3[C@H](O)[C@@H](O)C(O)O[C@@H]3CO)[C@@H]2O)O[C@H](CO)[C@H](O)[C@@H]1O. The highest BCUT2D eigenvalue weighted by Gasteiger charge is 2.53. The molecule has 17 heteroatoms. The number of ether oxygens (including phenoxy) is 5. The number of hydrogen-bond donors (Lipinski definition) is 11. The maximum absolute atomic E-state index is 11.7. The van der Waals surface area contributed by atoms with E-state index in [-0.39, 0.29) is 0 Å². The van der Waals surface area contributed by atoms with Crippen LogP contribution in [0.3, 0.4) is 0 Å². The van der Waals surface area contributed by atoms with E-state index in [1.807, 2.05) is 0 Å². The van der Waals surface area contributed by atoms with Crippen molar-refractivity contribution >= 4 is 5.91 Å². The van der Waals surface area contributed by atoms with Gasteiger partial charge in [-0.1, -0.05) is 0 Å². The van der Waals surface area contributed by atoms with Crippen molar-refractivity contribution in [2.75, 3.05) is 19.8 Å². The predicted molar refractivity (Wildman–Crippen MR) is 113 cm³/mol. The number of rotatable bonds is 8. The van der Waals surface area contributed by atoms with E-state index in [9.17, 15) is 55.9 Å². The highest BCUT2D eigenvalue weighted by molar-refractivity contribution is 5.73. The minimum Gasteiger partial charge on any atom is -0.394 e. The van der Waals surface area contributed by atoms with E-state index >= 15 is 0 Å². The number of carbonyl (C=O) groups is 1. The second-order valence-corrected chi connectivity index (χ2v) is 9.07. The first-order chi connectivity index (χ1) is 17.4. The number of carbonyl (C=O) groups excluding carboxylic acids is 1. The summed E-state index contributed by atoms with van der Waals surface area (Å²) in [6.45, 7) is -1.25. The van der Waals surface area contributed by atoms with Crippen LogP contribution in [0, 0.1) is 0 Å². The number of aliphatic hydroxyl groups excluding tert-OH is 10. The van der Waals surface area contributed by atoms with E-state index in [4.69, 9.17) is 23.7 Å². The molecule has 216 valence electrons. The van der Waals surface area contributed by atoms with E-state index in [1.54, 1.807) is 0 Å². The van der Waals surface area contributed by atoms with Gasteiger partial charge in [0.2, 0.25) is 5.91 Å². The zero-order valence-electron chi connectivity index (χ0n) is 19.7. The van der Waals surface area contributed by atoms with E-state index < -0.39 is 118 Å². The molecule has 3 saturated heterocycles. The van der Waals surface area contributed by atoms with Gasteiger partial charge in [0.25, 0.3) is 0 Å². The van der Waals surface area contributed by atoms with Crippen LogP contribution in [0.4, 0.5) is 0 Å². The molecule has 0 aromatic heterocycles. The molecule has 3 fully saturated rings. The molecule has 0 radical (unpaired) electrons. The van der Waals surface area contributed by atoms with Crippen LogP contribution < -0.4 is 5.32 Å². The molecule has 11 N–H and O–H groups in total. The van der Waals surface area contributed by atoms with E-state index in [1.165, 1.54) is 0 Å². The van der Waals surface area contributed by atoms with Crippen LogP contribution in [0.2, 0.25) is 0 Å². The number of nitrogens with one attached hydrogen (secondary N) is 1. The predicted octanol–water partition coefficient (Wildman–Crippen LogP) is -7.43. The average Bonchev–Trinajstić information content (AvgIpc) is 2.86. The summed E-state index contributed by atoms with van der Waals surface area (Å²) >= 11 is 0. The standard InChI is InChI=1S/C20H35NO16/c1-5(25)21-9-12(28)10(26)6(2-22)34-19(9)37-17-11(27)7(3-23)35-20(15(17)31)36-16-8(4-24)33-18(32)14(30)13(16)29/h6-20,22-24,26-32H,2-4H2,1H3,(H,21,25)/t6-,7-,8-,9-,10+,11+,12-,13-,14-,15-,16-,17+,18?,19?,20+/m1/s1. The largest absolute Gasteiger partial charge is 0.394 e. The first kappa shape index (κ1) is 30.4. The fraction of sp³-hybridized carbons (Fsp3) is 0.950. The lowest BCUT2D eigenvalue weighted by atomic mass is 9.95. The minimum atomic E-state index is -1.91. The Morgan fingerprint density at radius 3 is 1.76 bits per heavy atom. The van der Waals surface area contributed by atoms with Gasteiger partial charge >= 0.3 is 0 Å². The number of aliphatic hydroxyl groups is 10. The summed E-state index contributed by atoms with van der Waals surface area (Å²) in [5, 5.41) is 103. The van der Waals surface area contributed by atoms with Crippen LogP contribution in [0.25, 0.3) is 0 Å². The van der Waals surface area contributed by atoms with Gasteiger partial charge in [-0.25, -0.2) is 0 Å². The van der Waals surface area contributed by atoms with Crippen molar-refractivity contribution < 1.29 is 79.5 Å². The maximum atomic E-state index is 11.7. The molecule has 0 aliphatic carbocycles. The van der Waals surface area contributed by atoms with Gasteiger partial charge in [-0.15, -0.1) is 0 Å². The Kier molecular flexibility index (Phi) is 10.5. The van der Waals surface area contributed by atoms with Crippen LogP contribution >= 0.6 is 0 Å². The molecule has 0 aromatic rings. The topological polar surface area (TPSA) is 278 Å². The molecule has 3 heterocycles. The third-order valence-corrected chi connectivity index (χ3v) is 6.49. The molecule has 3 aliphatic heterocycles. The summed E-state index contributed by atoms with van der Waals surface area (Å²) in [6.07, 6.45) is -23.4. The van der Waals surface area contributed by atoms with Crippen molar-refractivity contribution in [3.05, 3.63) is 0 Å². The van der Waals surface area contributed by atoms with Crippen molar-refractivity contribution in [1.82, 2.24) is 5.32 Å². The van der Waals surface area contributed by atoms with Gasteiger partial charge in [0, 0.05) is 6.92 Å². The van der Waals surface area contributed by atoms with Gasteiger partial charge in [-0.3, -0.25) is 4.79 Å². The molecule has 1 amide bonds. The van der Waals surface area contributed by atoms with Crippen LogP contribution in [-0.4, -0.2) is 169 Å². The zero-order valence-corrected chi connectivity index (χ0v) is 19.7. The van der Waals surface area contributed by atoms with Crippen molar-refractivity contribution in [2.45, 2.75) is 99.0 Å². The molecule has 3 aliphatic rings. The molecule has 0 aromatic carbocycles. The molecule has 15 atom stereocenters. The van der Waals surface area contributed by atoms with Gasteiger partial charge < -0.3 is 80.1 Å². The Morgan fingerprint density at radius 2 is 1.19 bits per heavy atom. The Hall–Kier alpha value is -1.13. The lowest BCUT2D eigenvalue weighted by Gasteiger charge is -2.48. The molecule has 17 nitrogen and oxygen atoms in total. The summed E-state index contributed by atoms with van der Waals surface area (Å²) in [6, 6.07) is -1.42. The fourth-order valence-corrected chi connectivity index (χ4v) is 4.46. The van der Waals surface area contributed by atoms with Crippen molar-refractivity contribution in [1.29, 1.82) is 0 Å². The Balaban J connectivity index is 1.83. The number of amides is 1. The summed E-state index contributed by atoms with van der Waals surface area (Å²) in [5.74, 6) is -0.652. The van der Waals surface area contributed by atoms with Crippen molar-refractivity contribution in [3.63, 3.8) is 0 Å². The lowest BCUT2D eigenvalue weighted by molar-refractivity contribution is -0.373. The van der Waals surface area contributed by atoms with Crippen LogP contribution in [0.5, 0.6) is 0 Å². The van der Waals surface area contributed by atoms with E-state index in [0.717, 1.165) is 6.92 Å². The smallest absolute Gasteiger partial charge is 0.217 e. The Bertz CT molecular complexity index is 745. The first-order valence-electron chi connectivity index (χ1n) is 11.6. The summed E-state index contributed by atoms with van der Waals surface area (Å²) in [5.41, 5.74) is 0. The second-order valence-electron chi connectivity index (χ2n) is 9.07. The maximum Gasteiger partial charge on any atom is 0.217 e. The lowest BCUT2D eigenvalue weighted by Crippen LogP contribution is -2.68. The number of hydrogen-bond acceptors (Lipinski definition) is 16. The summed E-state index contributed by atoms with van der Waals surface area (Å²) in [4.78, 5) is 11.7. The van der Waals surface area contributed by atoms with Crippen LogP contribution in [-0.2, 0) is 28.5 Å². The Morgan fingerprint density at radius 1 is 0.649 bits per heavy atom. The Labute approximate surface area is 210 Å². The second kappa shape index (κ2) is 12.8. The molecular formula is C20H35NO16. The normalized spacial score (nSPS) is 49.0. The van der Waals surface area contributed by atoms with E-state index in [2.05, 4.69) is 5.32 Å². The average molecular weight is 545 g/mol. The highest BCUT2D eigenvalue weighted by atomic mass is 16.7. The first-order valence-corrected chi connectivity index (χ1v) is 11.6. The molecule has 3 rings (SSSR count). The minimum absolute atomic E-state index is 0.652. The van der Waals surface area contributed by atoms with Gasteiger partial charge in [0.15, 0.2) is 18.9 Å². The fourth-order valence-electron chi connectivity index (χ4n) is 4.46. The van der Waals surface area contributed by atoms with E-state index in [0.29, 0.717) is 0 Å². The molecule has 0 saturated carbocycles. The molecular weight excluding hydrogens is 510 g/mol. The van der Waals surface area contributed by atoms with Gasteiger partial charge in [0.05, 0.1) is 19.8 Å². The summed E-state index contributed by atoms with van der Waals surface area (Å²) < 4.78 is 27.0. The van der Waals surface area contributed by atoms with Crippen LogP contribution in [0.15, 0.2) is 0 Å². The third kappa shape index (κ3) is 6.38. The third-order valence-electron chi connectivity index (χ3n) is 6.49. The zero-order chi connectivity index (χ0) is 27.6. The van der Waals surface area contributed by atoms with Gasteiger partial charge in [-0.05, 0) is 0 Å². The molecule has 2 unspecified atom stereocenters. The van der Waals surface area contributed by atoms with Crippen LogP contribution in [0.1, 0.15) is 6.92 Å². The summed E-state index contributed by atoms with van der Waals surface area (Å²) in [7, 11) is 0. The molecule has 0 bridgehead atoms. The van der Waals surface area contributed by atoms with Crippen molar-refractivity contribution in [2.24, 2.45) is 0 Å². The van der Waals surface area contributed by atoms with Crippen molar-refractivity contribution in [3.8, 4) is 0 Å². The van der Waals surface area contributed by atoms with Gasteiger partial charge in [-0.2, -0.15) is 0 Å². The molecule has 0 spiro atoms. The quantitative estimate of drug-likeness (QED) is 0.135. The van der Waals surface area contributed by atoms with Gasteiger partial charge in [0.1, 0.15) is 73.2 Å².